The standard InChI is InChI=1S/C14H15N7O2/c1-20-12(17-13(22)9-2-3-9)8-10(18-20)14(23)16-11-4-6-21(19-11)7-5-15/h4,6,8-9H,2-3,7H2,1H3,(H,17,22)(H,16,19,23). The van der Waals surface area contributed by atoms with Crippen molar-refractivity contribution in [3.8, 4) is 6.07 Å². The minimum atomic E-state index is -0.435. The highest BCUT2D eigenvalue weighted by Gasteiger charge is 2.30. The first-order chi connectivity index (χ1) is 11.1. The van der Waals surface area contributed by atoms with E-state index in [9.17, 15) is 9.59 Å². The summed E-state index contributed by atoms with van der Waals surface area (Å²) in [4.78, 5) is 23.9. The van der Waals surface area contributed by atoms with E-state index in [1.54, 1.807) is 19.3 Å². The minimum absolute atomic E-state index is 0.0461. The molecule has 3 rings (SSSR count). The number of nitriles is 1. The van der Waals surface area contributed by atoms with Crippen LogP contribution in [0.2, 0.25) is 0 Å². The normalized spacial score (nSPS) is 13.4. The number of hydrogen-bond donors (Lipinski definition) is 2. The van der Waals surface area contributed by atoms with Crippen LogP contribution in [0.3, 0.4) is 0 Å². The lowest BCUT2D eigenvalue weighted by molar-refractivity contribution is -0.117. The summed E-state index contributed by atoms with van der Waals surface area (Å²) < 4.78 is 2.86. The van der Waals surface area contributed by atoms with Gasteiger partial charge in [-0.3, -0.25) is 19.0 Å². The van der Waals surface area contributed by atoms with Crippen LogP contribution >= 0.6 is 0 Å². The molecule has 9 nitrogen and oxygen atoms in total. The van der Waals surface area contributed by atoms with Crippen LogP contribution in [0.4, 0.5) is 11.6 Å². The Morgan fingerprint density at radius 3 is 2.87 bits per heavy atom. The molecule has 0 aromatic carbocycles. The zero-order valence-corrected chi connectivity index (χ0v) is 12.5. The molecule has 1 aliphatic rings. The van der Waals surface area contributed by atoms with Crippen molar-refractivity contribution in [1.29, 1.82) is 5.26 Å². The van der Waals surface area contributed by atoms with E-state index < -0.39 is 5.91 Å². The third-order valence-electron chi connectivity index (χ3n) is 3.43. The Bertz CT molecular complexity index is 794. The molecule has 1 fully saturated rings. The second kappa shape index (κ2) is 5.92. The SMILES string of the molecule is Cn1nc(C(=O)Nc2ccn(CC#N)n2)cc1NC(=O)C1CC1. The highest BCUT2D eigenvalue weighted by atomic mass is 16.2. The molecular formula is C14H15N7O2. The molecule has 0 radical (unpaired) electrons. The van der Waals surface area contributed by atoms with Gasteiger partial charge in [-0.2, -0.15) is 15.5 Å². The number of rotatable bonds is 5. The summed E-state index contributed by atoms with van der Waals surface area (Å²) in [6.45, 7) is 0.108. The van der Waals surface area contributed by atoms with Crippen LogP contribution in [0.15, 0.2) is 18.3 Å². The zero-order valence-electron chi connectivity index (χ0n) is 12.5. The van der Waals surface area contributed by atoms with Crippen LogP contribution in [0.25, 0.3) is 0 Å². The van der Waals surface area contributed by atoms with E-state index >= 15 is 0 Å². The second-order valence-electron chi connectivity index (χ2n) is 5.31. The van der Waals surface area contributed by atoms with Gasteiger partial charge in [0, 0.05) is 31.3 Å². The van der Waals surface area contributed by atoms with E-state index in [1.807, 2.05) is 6.07 Å². The summed E-state index contributed by atoms with van der Waals surface area (Å²) >= 11 is 0. The molecule has 1 saturated carbocycles. The van der Waals surface area contributed by atoms with Crippen molar-refractivity contribution in [1.82, 2.24) is 19.6 Å². The average Bonchev–Trinajstić information content (AvgIpc) is 3.19. The molecule has 2 N–H and O–H groups in total. The van der Waals surface area contributed by atoms with Crippen molar-refractivity contribution in [2.45, 2.75) is 19.4 Å². The Hall–Kier alpha value is -3.15. The first kappa shape index (κ1) is 14.8. The number of anilines is 2. The summed E-state index contributed by atoms with van der Waals surface area (Å²) in [5.74, 6) is 0.401. The molecule has 0 unspecified atom stereocenters. The summed E-state index contributed by atoms with van der Waals surface area (Å²) in [5.41, 5.74) is 0.174. The Balaban J connectivity index is 1.67. The fourth-order valence-electron chi connectivity index (χ4n) is 2.04. The van der Waals surface area contributed by atoms with Gasteiger partial charge < -0.3 is 10.6 Å². The van der Waals surface area contributed by atoms with Crippen molar-refractivity contribution >= 4 is 23.5 Å². The molecular weight excluding hydrogens is 298 g/mol. The predicted octanol–water partition coefficient (Wildman–Crippen LogP) is 0.741. The molecule has 1 aliphatic carbocycles. The molecule has 2 heterocycles. The van der Waals surface area contributed by atoms with Gasteiger partial charge in [0.2, 0.25) is 5.91 Å². The lowest BCUT2D eigenvalue weighted by atomic mass is 10.3. The van der Waals surface area contributed by atoms with Crippen LogP contribution in [0.5, 0.6) is 0 Å². The number of amides is 2. The number of aromatic nitrogens is 4. The minimum Gasteiger partial charge on any atom is -0.311 e. The van der Waals surface area contributed by atoms with Crippen LogP contribution < -0.4 is 10.6 Å². The number of hydrogen-bond acceptors (Lipinski definition) is 5. The van der Waals surface area contributed by atoms with Crippen LogP contribution in [0.1, 0.15) is 23.3 Å². The largest absolute Gasteiger partial charge is 0.311 e. The quantitative estimate of drug-likeness (QED) is 0.844. The maximum absolute atomic E-state index is 12.2. The number of carbonyl (C=O) groups is 2. The molecule has 118 valence electrons. The lowest BCUT2D eigenvalue weighted by Gasteiger charge is -2.02. The van der Waals surface area contributed by atoms with Crippen LogP contribution in [0, 0.1) is 17.2 Å². The third kappa shape index (κ3) is 3.37. The smallest absolute Gasteiger partial charge is 0.277 e. The Morgan fingerprint density at radius 1 is 1.39 bits per heavy atom. The maximum atomic E-state index is 12.2. The van der Waals surface area contributed by atoms with Gasteiger partial charge in [0.25, 0.3) is 5.91 Å². The van der Waals surface area contributed by atoms with Crippen molar-refractivity contribution < 1.29 is 9.59 Å². The van der Waals surface area contributed by atoms with Crippen LogP contribution in [-0.4, -0.2) is 31.4 Å². The first-order valence-electron chi connectivity index (χ1n) is 7.13. The highest BCUT2D eigenvalue weighted by molar-refractivity contribution is 6.03. The van der Waals surface area contributed by atoms with Crippen molar-refractivity contribution in [3.63, 3.8) is 0 Å². The van der Waals surface area contributed by atoms with Crippen LogP contribution in [-0.2, 0) is 18.4 Å². The first-order valence-corrected chi connectivity index (χ1v) is 7.13. The van der Waals surface area contributed by atoms with E-state index in [2.05, 4.69) is 20.8 Å². The molecule has 0 saturated heterocycles. The molecule has 2 aromatic heterocycles. The van der Waals surface area contributed by atoms with Gasteiger partial charge in [-0.25, -0.2) is 0 Å². The number of nitrogens with zero attached hydrogens (tertiary/aromatic N) is 5. The molecule has 0 aliphatic heterocycles. The van der Waals surface area contributed by atoms with Gasteiger partial charge in [0.05, 0.1) is 6.07 Å². The highest BCUT2D eigenvalue weighted by Crippen LogP contribution is 2.30. The number of carbonyl (C=O) groups excluding carboxylic acids is 2. The average molecular weight is 313 g/mol. The van der Waals surface area contributed by atoms with Crippen molar-refractivity contribution in [2.75, 3.05) is 10.6 Å². The molecule has 0 atom stereocenters. The number of nitrogens with one attached hydrogen (secondary N) is 2. The maximum Gasteiger partial charge on any atom is 0.277 e. The zero-order chi connectivity index (χ0) is 16.4. The Morgan fingerprint density at radius 2 is 2.17 bits per heavy atom. The third-order valence-corrected chi connectivity index (χ3v) is 3.43. The lowest BCUT2D eigenvalue weighted by Crippen LogP contribution is -2.15. The van der Waals surface area contributed by atoms with Gasteiger partial charge in [-0.05, 0) is 12.8 Å². The van der Waals surface area contributed by atoms with E-state index in [0.29, 0.717) is 11.6 Å². The molecule has 0 bridgehead atoms. The van der Waals surface area contributed by atoms with Gasteiger partial charge in [-0.15, -0.1) is 0 Å². The van der Waals surface area contributed by atoms with E-state index in [-0.39, 0.29) is 24.1 Å². The molecule has 2 aromatic rings. The summed E-state index contributed by atoms with van der Waals surface area (Å²) in [5, 5.41) is 22.1. The van der Waals surface area contributed by atoms with Crippen molar-refractivity contribution in [2.24, 2.45) is 13.0 Å². The fraction of sp³-hybridized carbons (Fsp3) is 0.357. The summed E-state index contributed by atoms with van der Waals surface area (Å²) in [6.07, 6.45) is 3.41. The van der Waals surface area contributed by atoms with Gasteiger partial charge in [0.1, 0.15) is 12.4 Å². The predicted molar refractivity (Wildman–Crippen MR) is 80.4 cm³/mol. The monoisotopic (exact) mass is 313 g/mol. The van der Waals surface area contributed by atoms with Gasteiger partial charge in [-0.1, -0.05) is 0 Å². The van der Waals surface area contributed by atoms with E-state index in [1.165, 1.54) is 15.4 Å². The Labute approximate surface area is 131 Å². The summed E-state index contributed by atoms with van der Waals surface area (Å²) in [7, 11) is 1.65. The second-order valence-corrected chi connectivity index (χ2v) is 5.31. The van der Waals surface area contributed by atoms with E-state index in [0.717, 1.165) is 12.8 Å². The molecule has 9 heteroatoms. The topological polar surface area (TPSA) is 118 Å². The Kier molecular flexibility index (Phi) is 3.80. The fourth-order valence-corrected chi connectivity index (χ4v) is 2.04. The summed E-state index contributed by atoms with van der Waals surface area (Å²) in [6, 6.07) is 5.06. The van der Waals surface area contributed by atoms with Crippen molar-refractivity contribution in [3.05, 3.63) is 24.0 Å². The number of aryl methyl sites for hydroxylation is 1. The molecule has 2 amide bonds. The van der Waals surface area contributed by atoms with Gasteiger partial charge in [0.15, 0.2) is 11.5 Å². The van der Waals surface area contributed by atoms with E-state index in [4.69, 9.17) is 5.26 Å². The molecule has 0 spiro atoms. The van der Waals surface area contributed by atoms with Gasteiger partial charge >= 0.3 is 0 Å². The molecule has 23 heavy (non-hydrogen) atoms.